The molecule has 0 amide bonds. The lowest BCUT2D eigenvalue weighted by molar-refractivity contribution is 0.0944. The van der Waals surface area contributed by atoms with Crippen LogP contribution in [0.2, 0.25) is 0 Å². The lowest BCUT2D eigenvalue weighted by Gasteiger charge is -2.18. The number of hydrogen-bond acceptors (Lipinski definition) is 6. The van der Waals surface area contributed by atoms with E-state index in [1.54, 1.807) is 14.2 Å². The molecule has 1 aromatic rings. The molecule has 1 saturated heterocycles. The fraction of sp³-hybridized carbons (Fsp3) is 0.667. The smallest absolute Gasteiger partial charge is 0.177 e. The maximum atomic E-state index is 12.3. The van der Waals surface area contributed by atoms with E-state index in [-0.39, 0.29) is 11.7 Å². The molecule has 0 aromatic carbocycles. The number of ketones is 1. The fourth-order valence-corrected chi connectivity index (χ4v) is 3.97. The van der Waals surface area contributed by atoms with Gasteiger partial charge in [-0.3, -0.25) is 4.79 Å². The van der Waals surface area contributed by atoms with Gasteiger partial charge in [-0.25, -0.2) is 0 Å². The van der Waals surface area contributed by atoms with Crippen LogP contribution in [0, 0.1) is 11.8 Å². The highest BCUT2D eigenvalue weighted by Crippen LogP contribution is 2.46. The molecule has 0 radical (unpaired) electrons. The molecule has 0 bridgehead atoms. The second-order valence-electron chi connectivity index (χ2n) is 5.76. The van der Waals surface area contributed by atoms with Crippen molar-refractivity contribution in [2.75, 3.05) is 44.5 Å². The molecule has 2 N–H and O–H groups in total. The van der Waals surface area contributed by atoms with E-state index in [4.69, 9.17) is 15.2 Å². The van der Waals surface area contributed by atoms with E-state index in [0.29, 0.717) is 22.2 Å². The number of hydrogen-bond donors (Lipinski definition) is 1. The Hall–Kier alpha value is -1.27. The van der Waals surface area contributed by atoms with Crippen LogP contribution < -0.4 is 15.4 Å². The second kappa shape index (κ2) is 6.66. The molecule has 1 atom stereocenters. The minimum Gasteiger partial charge on any atom is -0.492 e. The number of nitrogens with two attached hydrogens (primary N) is 1. The maximum Gasteiger partial charge on any atom is 0.177 e. The van der Waals surface area contributed by atoms with E-state index in [9.17, 15) is 4.79 Å². The van der Waals surface area contributed by atoms with Crippen molar-refractivity contribution in [3.05, 3.63) is 4.88 Å². The van der Waals surface area contributed by atoms with Gasteiger partial charge in [0.15, 0.2) is 11.5 Å². The largest absolute Gasteiger partial charge is 0.492 e. The molecule has 1 fully saturated rings. The molecule has 118 valence electrons. The van der Waals surface area contributed by atoms with Crippen molar-refractivity contribution < 1.29 is 14.3 Å². The molecule has 21 heavy (non-hydrogen) atoms. The van der Waals surface area contributed by atoms with Gasteiger partial charge in [-0.1, -0.05) is 13.8 Å². The summed E-state index contributed by atoms with van der Waals surface area (Å²) >= 11 is 1.45. The number of carbonyl (C=O) groups is 1. The van der Waals surface area contributed by atoms with E-state index in [1.807, 2.05) is 13.8 Å². The highest BCUT2D eigenvalue weighted by Gasteiger charge is 2.30. The lowest BCUT2D eigenvalue weighted by atomic mass is 10.1. The van der Waals surface area contributed by atoms with Crippen molar-refractivity contribution in [1.82, 2.24) is 0 Å². The average Bonchev–Trinajstić information content (AvgIpc) is 3.02. The molecule has 1 aliphatic heterocycles. The lowest BCUT2D eigenvalue weighted by Crippen LogP contribution is -2.20. The first-order valence-electron chi connectivity index (χ1n) is 7.23. The zero-order chi connectivity index (χ0) is 15.6. The number of carbonyl (C=O) groups excluding carboxylic acids is 1. The highest BCUT2D eigenvalue weighted by atomic mass is 32.1. The van der Waals surface area contributed by atoms with Crippen LogP contribution in [0.5, 0.6) is 5.75 Å². The Morgan fingerprint density at radius 1 is 1.48 bits per heavy atom. The summed E-state index contributed by atoms with van der Waals surface area (Å²) in [6.45, 7) is 6.40. The van der Waals surface area contributed by atoms with Gasteiger partial charge in [0.2, 0.25) is 0 Å². The average molecular weight is 312 g/mol. The third kappa shape index (κ3) is 3.16. The molecule has 1 unspecified atom stereocenters. The minimum atomic E-state index is -0.0664. The van der Waals surface area contributed by atoms with Crippen LogP contribution in [0.25, 0.3) is 0 Å². The maximum absolute atomic E-state index is 12.3. The van der Waals surface area contributed by atoms with Crippen LogP contribution in [0.15, 0.2) is 0 Å². The molecule has 0 aliphatic carbocycles. The molecule has 6 heteroatoms. The molecule has 1 aromatic heterocycles. The highest BCUT2D eigenvalue weighted by molar-refractivity contribution is 7.19. The van der Waals surface area contributed by atoms with E-state index in [2.05, 4.69) is 4.90 Å². The van der Waals surface area contributed by atoms with Crippen LogP contribution in [-0.2, 0) is 4.74 Å². The first-order valence-corrected chi connectivity index (χ1v) is 8.05. The zero-order valence-corrected chi connectivity index (χ0v) is 14.0. The van der Waals surface area contributed by atoms with Crippen molar-refractivity contribution >= 4 is 27.8 Å². The van der Waals surface area contributed by atoms with Crippen molar-refractivity contribution in [3.8, 4) is 5.75 Å². The number of rotatable bonds is 6. The minimum absolute atomic E-state index is 0.0664. The van der Waals surface area contributed by atoms with Gasteiger partial charge in [-0.05, 0) is 6.42 Å². The number of ether oxygens (including phenoxy) is 2. The van der Waals surface area contributed by atoms with Gasteiger partial charge in [0.1, 0.15) is 5.00 Å². The van der Waals surface area contributed by atoms with Gasteiger partial charge in [0.25, 0.3) is 0 Å². The molecule has 0 saturated carbocycles. The third-order valence-corrected chi connectivity index (χ3v) is 5.07. The zero-order valence-electron chi connectivity index (χ0n) is 13.1. The molecule has 2 heterocycles. The quantitative estimate of drug-likeness (QED) is 0.818. The Kier molecular flexibility index (Phi) is 5.11. The van der Waals surface area contributed by atoms with Gasteiger partial charge < -0.3 is 20.1 Å². The van der Waals surface area contributed by atoms with Gasteiger partial charge in [0.05, 0.1) is 24.3 Å². The normalized spacial score (nSPS) is 18.5. The van der Waals surface area contributed by atoms with Gasteiger partial charge in [-0.15, -0.1) is 11.3 Å². The predicted octanol–water partition coefficient (Wildman–Crippen LogP) is 2.65. The number of anilines is 2. The third-order valence-electron chi connectivity index (χ3n) is 3.81. The monoisotopic (exact) mass is 312 g/mol. The summed E-state index contributed by atoms with van der Waals surface area (Å²) in [5.74, 6) is 1.17. The van der Waals surface area contributed by atoms with Crippen molar-refractivity contribution in [2.24, 2.45) is 11.8 Å². The van der Waals surface area contributed by atoms with Crippen LogP contribution in [0.1, 0.15) is 29.9 Å². The number of thiophene rings is 1. The summed E-state index contributed by atoms with van der Waals surface area (Å²) in [7, 11) is 3.33. The first kappa shape index (κ1) is 16.1. The number of nitrogens with zero attached hydrogens (tertiary/aromatic N) is 1. The van der Waals surface area contributed by atoms with Crippen molar-refractivity contribution in [3.63, 3.8) is 0 Å². The van der Waals surface area contributed by atoms with Gasteiger partial charge in [-0.2, -0.15) is 0 Å². The Morgan fingerprint density at radius 2 is 2.19 bits per heavy atom. The topological polar surface area (TPSA) is 64.8 Å². The molecular weight excluding hydrogens is 288 g/mol. The SMILES string of the molecule is COCC1CCN(c2sc(C(=O)C(C)C)c(N)c2OC)C1. The van der Waals surface area contributed by atoms with Crippen LogP contribution >= 0.6 is 11.3 Å². The van der Waals surface area contributed by atoms with Gasteiger partial charge in [0, 0.05) is 32.0 Å². The van der Waals surface area contributed by atoms with Gasteiger partial charge >= 0.3 is 0 Å². The molecule has 1 aliphatic rings. The van der Waals surface area contributed by atoms with Crippen molar-refractivity contribution in [1.29, 1.82) is 0 Å². The second-order valence-corrected chi connectivity index (χ2v) is 6.76. The fourth-order valence-electron chi connectivity index (χ4n) is 2.66. The molecular formula is C15H24N2O3S. The number of Topliss-reactive ketones (excluding diaryl/α,β-unsaturated/α-hetero) is 1. The van der Waals surface area contributed by atoms with E-state index in [1.165, 1.54) is 11.3 Å². The summed E-state index contributed by atoms with van der Waals surface area (Å²) in [5, 5.41) is 0.970. The summed E-state index contributed by atoms with van der Waals surface area (Å²) in [4.78, 5) is 15.1. The standard InChI is InChI=1S/C15H24N2O3S/c1-9(2)12(18)14-11(16)13(20-4)15(21-14)17-6-5-10(7-17)8-19-3/h9-10H,5-8,16H2,1-4H3. The molecule has 0 spiro atoms. The van der Waals surface area contributed by atoms with E-state index >= 15 is 0 Å². The Labute approximate surface area is 130 Å². The number of nitrogen functional groups attached to an aromatic ring is 1. The molecule has 5 nitrogen and oxygen atoms in total. The van der Waals surface area contributed by atoms with E-state index < -0.39 is 0 Å². The summed E-state index contributed by atoms with van der Waals surface area (Å²) in [5.41, 5.74) is 6.61. The Morgan fingerprint density at radius 3 is 2.76 bits per heavy atom. The van der Waals surface area contributed by atoms with E-state index in [0.717, 1.165) is 31.1 Å². The first-order chi connectivity index (χ1) is 9.99. The van der Waals surface area contributed by atoms with Crippen LogP contribution in [0.3, 0.4) is 0 Å². The Bertz CT molecular complexity index is 513. The summed E-state index contributed by atoms with van der Waals surface area (Å²) < 4.78 is 10.7. The summed E-state index contributed by atoms with van der Waals surface area (Å²) in [6, 6.07) is 0. The predicted molar refractivity (Wildman–Crippen MR) is 86.6 cm³/mol. The van der Waals surface area contributed by atoms with Crippen LogP contribution in [0.4, 0.5) is 10.7 Å². The van der Waals surface area contributed by atoms with Crippen LogP contribution in [-0.4, -0.2) is 39.7 Å². The summed E-state index contributed by atoms with van der Waals surface area (Å²) in [6.07, 6.45) is 1.09. The number of methoxy groups -OCH3 is 2. The van der Waals surface area contributed by atoms with Crippen molar-refractivity contribution in [2.45, 2.75) is 20.3 Å². The Balaban J connectivity index is 2.28. The molecule has 2 rings (SSSR count).